The van der Waals surface area contributed by atoms with E-state index in [2.05, 4.69) is 86.9 Å². The van der Waals surface area contributed by atoms with Gasteiger partial charge in [0.1, 0.15) is 6.10 Å². The summed E-state index contributed by atoms with van der Waals surface area (Å²) >= 11 is 6.28. The summed E-state index contributed by atoms with van der Waals surface area (Å²) in [6.45, 7) is 4.25. The minimum atomic E-state index is -0.482. The number of nitrogens with one attached hydrogen (secondary N) is 1. The summed E-state index contributed by atoms with van der Waals surface area (Å²) in [5.74, 6) is -0.129. The van der Waals surface area contributed by atoms with Gasteiger partial charge in [-0.3, -0.25) is 0 Å². The summed E-state index contributed by atoms with van der Waals surface area (Å²) in [4.78, 5) is 11.7. The quantitative estimate of drug-likeness (QED) is 0.328. The van der Waals surface area contributed by atoms with Gasteiger partial charge < -0.3 is 10.1 Å². The van der Waals surface area contributed by atoms with E-state index in [-0.39, 0.29) is 12.1 Å². The van der Waals surface area contributed by atoms with Crippen LogP contribution in [0.5, 0.6) is 0 Å². The van der Waals surface area contributed by atoms with Gasteiger partial charge in [0.05, 0.1) is 0 Å². The molecular weight excluding hydrogens is 535 g/mol. The first-order valence-electron chi connectivity index (χ1n) is 4.83. The van der Waals surface area contributed by atoms with Crippen LogP contribution < -0.4 is 5.32 Å². The van der Waals surface area contributed by atoms with E-state index in [4.69, 9.17) is 4.74 Å². The number of piperidine rings is 1. The normalized spacial score (nSPS) is 32.5. The van der Waals surface area contributed by atoms with E-state index in [1.165, 1.54) is 0 Å². The molecule has 0 saturated carbocycles. The summed E-state index contributed by atoms with van der Waals surface area (Å²) < 4.78 is 5.01. The molecule has 1 N–H and O–H groups in total. The van der Waals surface area contributed by atoms with E-state index in [0.717, 1.165) is 12.8 Å². The van der Waals surface area contributed by atoms with E-state index >= 15 is 0 Å². The molecule has 0 radical (unpaired) electrons. The summed E-state index contributed by atoms with van der Waals surface area (Å²) in [5, 5.41) is 3.42. The van der Waals surface area contributed by atoms with Crippen molar-refractivity contribution in [3.05, 3.63) is 0 Å². The smallest absolute Gasteiger partial charge is 0.342 e. The number of carbonyl (C=O) groups is 1. The molecule has 3 nitrogen and oxygen atoms in total. The summed E-state index contributed by atoms with van der Waals surface area (Å²) in [6, 6.07) is 0.858. The molecule has 88 valence electrons. The van der Waals surface area contributed by atoms with Crippen LogP contribution in [0.1, 0.15) is 26.7 Å². The van der Waals surface area contributed by atoms with E-state index < -0.39 is -0.565 Å². The van der Waals surface area contributed by atoms with Crippen LogP contribution in [0.2, 0.25) is 0 Å². The van der Waals surface area contributed by atoms with Crippen molar-refractivity contribution in [2.24, 2.45) is 0 Å². The lowest BCUT2D eigenvalue weighted by atomic mass is 9.98. The van der Waals surface area contributed by atoms with Gasteiger partial charge in [-0.25, -0.2) is 4.79 Å². The largest absolute Gasteiger partial charge is 0.460 e. The molecule has 2 unspecified atom stereocenters. The van der Waals surface area contributed by atoms with Crippen LogP contribution in [0.4, 0.5) is 0 Å². The van der Waals surface area contributed by atoms with Gasteiger partial charge in [0.2, 0.25) is -0.565 Å². The van der Waals surface area contributed by atoms with Crippen LogP contribution in [-0.2, 0) is 9.53 Å². The van der Waals surface area contributed by atoms with Crippen molar-refractivity contribution in [3.8, 4) is 0 Å². The van der Waals surface area contributed by atoms with Gasteiger partial charge in [-0.05, 0) is 94.5 Å². The Morgan fingerprint density at radius 1 is 1.27 bits per heavy atom. The van der Waals surface area contributed by atoms with Crippen molar-refractivity contribution in [1.29, 1.82) is 0 Å². The number of hydrogen-bond donors (Lipinski definition) is 1. The van der Waals surface area contributed by atoms with Crippen LogP contribution in [0.3, 0.4) is 0 Å². The standard InChI is InChI=1S/C9H14I3NO2/c1-5-3-7(4-6(2)13-5)15-8(14)9(10,11)12/h5-7,13H,3-4H2,1-2H3. The summed E-state index contributed by atoms with van der Waals surface area (Å²) in [5.41, 5.74) is 0. The molecule has 1 rings (SSSR count). The highest BCUT2D eigenvalue weighted by molar-refractivity contribution is 14.3. The molecule has 1 heterocycles. The lowest BCUT2D eigenvalue weighted by molar-refractivity contribution is -0.148. The summed E-state index contributed by atoms with van der Waals surface area (Å²) in [7, 11) is 0. The molecule has 0 spiro atoms. The molecule has 0 aliphatic carbocycles. The molecule has 0 bridgehead atoms. The second kappa shape index (κ2) is 5.98. The van der Waals surface area contributed by atoms with Crippen molar-refractivity contribution in [3.63, 3.8) is 0 Å². The Labute approximate surface area is 131 Å². The minimum absolute atomic E-state index is 0.0717. The average Bonchev–Trinajstić information content (AvgIpc) is 1.99. The second-order valence-corrected chi connectivity index (χ2v) is 15.0. The number of carbonyl (C=O) groups excluding carboxylic acids is 1. The van der Waals surface area contributed by atoms with Crippen molar-refractivity contribution in [2.45, 2.75) is 44.3 Å². The maximum atomic E-state index is 11.7. The molecule has 1 fully saturated rings. The highest BCUT2D eigenvalue weighted by Crippen LogP contribution is 2.37. The Kier molecular flexibility index (Phi) is 5.86. The van der Waals surface area contributed by atoms with Crippen LogP contribution in [0.15, 0.2) is 0 Å². The molecule has 15 heavy (non-hydrogen) atoms. The lowest BCUT2D eigenvalue weighted by Crippen LogP contribution is -2.46. The number of halogens is 3. The third-order valence-corrected chi connectivity index (χ3v) is 3.63. The Balaban J connectivity index is 2.48. The first kappa shape index (κ1) is 14.7. The molecule has 1 saturated heterocycles. The summed E-state index contributed by atoms with van der Waals surface area (Å²) in [6.07, 6.45) is 1.90. The third kappa shape index (κ3) is 5.19. The Bertz CT molecular complexity index is 232. The van der Waals surface area contributed by atoms with Gasteiger partial charge in [0, 0.05) is 12.1 Å². The Morgan fingerprint density at radius 2 is 1.73 bits per heavy atom. The molecule has 0 amide bonds. The molecule has 0 aromatic heterocycles. The van der Waals surface area contributed by atoms with Gasteiger partial charge in [0.15, 0.2) is 0 Å². The van der Waals surface area contributed by atoms with E-state index in [0.29, 0.717) is 12.1 Å². The number of hydrogen-bond acceptors (Lipinski definition) is 3. The van der Waals surface area contributed by atoms with Gasteiger partial charge in [-0.2, -0.15) is 0 Å². The average molecular weight is 549 g/mol. The first-order chi connectivity index (χ1) is 6.79. The van der Waals surface area contributed by atoms with Crippen molar-refractivity contribution in [2.75, 3.05) is 0 Å². The maximum absolute atomic E-state index is 11.7. The van der Waals surface area contributed by atoms with Crippen LogP contribution in [0.25, 0.3) is 0 Å². The highest BCUT2D eigenvalue weighted by Gasteiger charge is 2.34. The SMILES string of the molecule is CC1CC(OC(=O)C(I)(I)I)CC(C)N1. The molecule has 0 aromatic rings. The molecule has 2 atom stereocenters. The van der Waals surface area contributed by atoms with Gasteiger partial charge in [-0.15, -0.1) is 0 Å². The zero-order valence-electron chi connectivity index (χ0n) is 8.60. The molecular formula is C9H14I3NO2. The van der Waals surface area contributed by atoms with E-state index in [9.17, 15) is 4.79 Å². The van der Waals surface area contributed by atoms with Gasteiger partial charge in [0.25, 0.3) is 0 Å². The van der Waals surface area contributed by atoms with Crippen LogP contribution in [-0.4, -0.2) is 23.6 Å². The van der Waals surface area contributed by atoms with Crippen LogP contribution in [0, 0.1) is 0 Å². The first-order valence-corrected chi connectivity index (χ1v) is 8.06. The fourth-order valence-electron chi connectivity index (χ4n) is 1.82. The van der Waals surface area contributed by atoms with E-state index in [1.54, 1.807) is 0 Å². The number of rotatable bonds is 2. The predicted molar refractivity (Wildman–Crippen MR) is 86.0 cm³/mol. The van der Waals surface area contributed by atoms with Gasteiger partial charge >= 0.3 is 5.97 Å². The number of esters is 1. The fraction of sp³-hybridized carbons (Fsp3) is 0.889. The predicted octanol–water partition coefficient (Wildman–Crippen LogP) is 3.02. The van der Waals surface area contributed by atoms with Crippen molar-refractivity contribution in [1.82, 2.24) is 5.32 Å². The second-order valence-electron chi connectivity index (χ2n) is 3.97. The minimum Gasteiger partial charge on any atom is -0.460 e. The molecule has 1 aliphatic rings. The van der Waals surface area contributed by atoms with Crippen molar-refractivity contribution >= 4 is 73.7 Å². The highest BCUT2D eigenvalue weighted by atomic mass is 127. The molecule has 1 aliphatic heterocycles. The van der Waals surface area contributed by atoms with E-state index in [1.807, 2.05) is 0 Å². The number of alkyl halides is 3. The fourth-order valence-corrected chi connectivity index (χ4v) is 2.20. The lowest BCUT2D eigenvalue weighted by Gasteiger charge is -2.33. The van der Waals surface area contributed by atoms with Crippen molar-refractivity contribution < 1.29 is 9.53 Å². The number of ether oxygens (including phenoxy) is 1. The third-order valence-electron chi connectivity index (χ3n) is 2.31. The Hall–Kier alpha value is 1.62. The zero-order chi connectivity index (χ0) is 11.6. The topological polar surface area (TPSA) is 38.3 Å². The maximum Gasteiger partial charge on any atom is 0.342 e. The zero-order valence-corrected chi connectivity index (χ0v) is 15.1. The monoisotopic (exact) mass is 549 g/mol. The molecule has 6 heteroatoms. The molecule has 0 aromatic carbocycles. The Morgan fingerprint density at radius 3 is 2.13 bits per heavy atom. The van der Waals surface area contributed by atoms with Crippen LogP contribution >= 0.6 is 67.8 Å². The van der Waals surface area contributed by atoms with Gasteiger partial charge in [-0.1, -0.05) is 0 Å².